The maximum Gasteiger partial charge on any atom is 0.573 e. The first-order valence-electron chi connectivity index (χ1n) is 8.89. The zero-order chi connectivity index (χ0) is 20.9. The van der Waals surface area contributed by atoms with Gasteiger partial charge in [-0.1, -0.05) is 24.3 Å². The Morgan fingerprint density at radius 2 is 1.79 bits per heavy atom. The number of aromatic nitrogens is 2. The predicted octanol–water partition coefficient (Wildman–Crippen LogP) is 3.11. The molecule has 0 aliphatic carbocycles. The first kappa shape index (κ1) is 20.4. The van der Waals surface area contributed by atoms with Crippen molar-refractivity contribution in [3.8, 4) is 5.75 Å². The molecular weight excluding hydrogens is 387 g/mol. The Kier molecular flexibility index (Phi) is 6.16. The van der Waals surface area contributed by atoms with Gasteiger partial charge in [-0.3, -0.25) is 9.59 Å². The summed E-state index contributed by atoms with van der Waals surface area (Å²) >= 11 is 0. The molecule has 6 nitrogen and oxygen atoms in total. The quantitative estimate of drug-likeness (QED) is 0.633. The summed E-state index contributed by atoms with van der Waals surface area (Å²) in [6.45, 7) is 0.333. The highest BCUT2D eigenvalue weighted by atomic mass is 19.4. The lowest BCUT2D eigenvalue weighted by Gasteiger charge is -2.09. The van der Waals surface area contributed by atoms with Gasteiger partial charge in [-0.15, -0.1) is 13.2 Å². The summed E-state index contributed by atoms with van der Waals surface area (Å²) in [5.41, 5.74) is 1.09. The van der Waals surface area contributed by atoms with Gasteiger partial charge in [0.05, 0.1) is 10.9 Å². The number of carbonyl (C=O) groups is 1. The fraction of sp³-hybridized carbons (Fsp3) is 0.250. The number of ether oxygens (including phenoxy) is 1. The molecule has 0 bridgehead atoms. The summed E-state index contributed by atoms with van der Waals surface area (Å²) in [5, 5.41) is 3.23. The fourth-order valence-corrected chi connectivity index (χ4v) is 2.78. The number of fused-ring (bicyclic) bond motifs is 1. The normalized spacial score (nSPS) is 11.4. The van der Waals surface area contributed by atoms with E-state index >= 15 is 0 Å². The topological polar surface area (TPSA) is 84.1 Å². The third-order valence-corrected chi connectivity index (χ3v) is 4.14. The Morgan fingerprint density at radius 1 is 1.07 bits per heavy atom. The summed E-state index contributed by atoms with van der Waals surface area (Å²) in [6, 6.07) is 12.4. The lowest BCUT2D eigenvalue weighted by molar-refractivity contribution is -0.274. The van der Waals surface area contributed by atoms with E-state index in [4.69, 9.17) is 0 Å². The van der Waals surface area contributed by atoms with Crippen LogP contribution in [0.25, 0.3) is 10.9 Å². The van der Waals surface area contributed by atoms with E-state index in [1.807, 2.05) is 0 Å². The largest absolute Gasteiger partial charge is 0.573 e. The number of aromatic amines is 1. The number of para-hydroxylation sites is 1. The molecule has 0 unspecified atom stereocenters. The Morgan fingerprint density at radius 3 is 2.52 bits per heavy atom. The molecule has 0 fully saturated rings. The molecule has 0 spiro atoms. The second-order valence-electron chi connectivity index (χ2n) is 6.32. The number of rotatable bonds is 7. The van der Waals surface area contributed by atoms with Crippen molar-refractivity contribution in [1.82, 2.24) is 15.3 Å². The number of benzene rings is 2. The minimum absolute atomic E-state index is 0.152. The van der Waals surface area contributed by atoms with Crippen molar-refractivity contribution >= 4 is 16.8 Å². The van der Waals surface area contributed by atoms with Crippen LogP contribution in [0.4, 0.5) is 13.2 Å². The molecule has 1 amide bonds. The van der Waals surface area contributed by atoms with E-state index < -0.39 is 6.36 Å². The molecule has 152 valence electrons. The molecule has 0 aliphatic heterocycles. The van der Waals surface area contributed by atoms with E-state index in [0.717, 1.165) is 5.56 Å². The first-order chi connectivity index (χ1) is 13.8. The van der Waals surface area contributed by atoms with Crippen LogP contribution in [0.5, 0.6) is 5.75 Å². The van der Waals surface area contributed by atoms with Crippen molar-refractivity contribution in [1.29, 1.82) is 0 Å². The monoisotopic (exact) mass is 405 g/mol. The maximum absolute atomic E-state index is 12.1. The van der Waals surface area contributed by atoms with Crippen LogP contribution in [-0.2, 0) is 17.6 Å². The van der Waals surface area contributed by atoms with Crippen LogP contribution in [0.1, 0.15) is 17.8 Å². The van der Waals surface area contributed by atoms with Crippen molar-refractivity contribution in [2.24, 2.45) is 0 Å². The predicted molar refractivity (Wildman–Crippen MR) is 101 cm³/mol. The molecule has 3 aromatic rings. The first-order valence-corrected chi connectivity index (χ1v) is 8.89. The van der Waals surface area contributed by atoms with Gasteiger partial charge in [-0.25, -0.2) is 4.98 Å². The molecular formula is C20H18F3N3O3. The van der Waals surface area contributed by atoms with Crippen LogP contribution in [0.15, 0.2) is 53.3 Å². The molecule has 0 radical (unpaired) electrons. The summed E-state index contributed by atoms with van der Waals surface area (Å²) in [7, 11) is 0. The number of H-pyrrole nitrogens is 1. The zero-order valence-electron chi connectivity index (χ0n) is 15.3. The molecule has 29 heavy (non-hydrogen) atoms. The third-order valence-electron chi connectivity index (χ3n) is 4.14. The number of carbonyl (C=O) groups excluding carboxylic acids is 1. The van der Waals surface area contributed by atoms with E-state index in [2.05, 4.69) is 20.0 Å². The lowest BCUT2D eigenvalue weighted by atomic mass is 10.1. The average Bonchev–Trinajstić information content (AvgIpc) is 2.67. The summed E-state index contributed by atoms with van der Waals surface area (Å²) < 4.78 is 40.2. The Balaban J connectivity index is 1.45. The molecule has 0 aliphatic rings. The SMILES string of the molecule is O=C(CCc1nc2ccccc2c(=O)[nH]1)NCCc1ccc(OC(F)(F)F)cc1. The molecule has 2 aromatic carbocycles. The Labute approximate surface area is 163 Å². The smallest absolute Gasteiger partial charge is 0.406 e. The highest BCUT2D eigenvalue weighted by Gasteiger charge is 2.30. The van der Waals surface area contributed by atoms with Crippen LogP contribution in [0.2, 0.25) is 0 Å². The highest BCUT2D eigenvalue weighted by molar-refractivity contribution is 5.78. The number of aryl methyl sites for hydroxylation is 1. The van der Waals surface area contributed by atoms with E-state index in [9.17, 15) is 22.8 Å². The minimum Gasteiger partial charge on any atom is -0.406 e. The zero-order valence-corrected chi connectivity index (χ0v) is 15.3. The van der Waals surface area contributed by atoms with Crippen molar-refractivity contribution in [3.63, 3.8) is 0 Å². The molecule has 0 saturated carbocycles. The molecule has 9 heteroatoms. The third kappa shape index (κ3) is 6.06. The molecule has 2 N–H and O–H groups in total. The van der Waals surface area contributed by atoms with Crippen molar-refractivity contribution in [2.75, 3.05) is 6.54 Å². The standard InChI is InChI=1S/C20H18F3N3O3/c21-20(22,23)29-14-7-5-13(6-8-14)11-12-24-18(27)10-9-17-25-16-4-2-1-3-15(16)19(28)26-17/h1-8H,9-12H2,(H,24,27)(H,25,26,28). The van der Waals surface area contributed by atoms with Crippen LogP contribution >= 0.6 is 0 Å². The van der Waals surface area contributed by atoms with Gasteiger partial charge in [-0.05, 0) is 36.2 Å². The van der Waals surface area contributed by atoms with Gasteiger partial charge >= 0.3 is 6.36 Å². The number of nitrogens with zero attached hydrogens (tertiary/aromatic N) is 1. The van der Waals surface area contributed by atoms with E-state index in [1.165, 1.54) is 24.3 Å². The minimum atomic E-state index is -4.72. The van der Waals surface area contributed by atoms with Gasteiger partial charge in [0.1, 0.15) is 11.6 Å². The molecule has 1 heterocycles. The van der Waals surface area contributed by atoms with Gasteiger partial charge in [-0.2, -0.15) is 0 Å². The van der Waals surface area contributed by atoms with Crippen LogP contribution in [0, 0.1) is 0 Å². The van der Waals surface area contributed by atoms with Crippen LogP contribution in [-0.4, -0.2) is 28.8 Å². The molecule has 1 aromatic heterocycles. The molecule has 0 saturated heterocycles. The highest BCUT2D eigenvalue weighted by Crippen LogP contribution is 2.22. The number of amides is 1. The molecule has 0 atom stereocenters. The number of hydrogen-bond donors (Lipinski definition) is 2. The Bertz CT molecular complexity index is 1050. The molecule has 3 rings (SSSR count). The van der Waals surface area contributed by atoms with E-state index in [-0.39, 0.29) is 30.1 Å². The van der Waals surface area contributed by atoms with Gasteiger partial charge in [0, 0.05) is 19.4 Å². The number of halogens is 3. The fourth-order valence-electron chi connectivity index (χ4n) is 2.78. The van der Waals surface area contributed by atoms with E-state index in [1.54, 1.807) is 24.3 Å². The Hall–Kier alpha value is -3.36. The summed E-state index contributed by atoms with van der Waals surface area (Å²) in [6.07, 6.45) is -3.82. The van der Waals surface area contributed by atoms with Crippen molar-refractivity contribution in [3.05, 3.63) is 70.3 Å². The lowest BCUT2D eigenvalue weighted by Crippen LogP contribution is -2.26. The summed E-state index contributed by atoms with van der Waals surface area (Å²) in [4.78, 5) is 31.0. The summed E-state index contributed by atoms with van der Waals surface area (Å²) in [5.74, 6) is -0.0656. The number of nitrogens with one attached hydrogen (secondary N) is 2. The van der Waals surface area contributed by atoms with Crippen LogP contribution in [0.3, 0.4) is 0 Å². The van der Waals surface area contributed by atoms with Crippen molar-refractivity contribution < 1.29 is 22.7 Å². The second kappa shape index (κ2) is 8.76. The average molecular weight is 405 g/mol. The van der Waals surface area contributed by atoms with Gasteiger partial charge in [0.15, 0.2) is 0 Å². The van der Waals surface area contributed by atoms with Crippen LogP contribution < -0.4 is 15.6 Å². The second-order valence-corrected chi connectivity index (χ2v) is 6.32. The van der Waals surface area contributed by atoms with Gasteiger partial charge in [0.2, 0.25) is 5.91 Å². The van der Waals surface area contributed by atoms with E-state index in [0.29, 0.717) is 29.7 Å². The number of alkyl halides is 3. The van der Waals surface area contributed by atoms with Gasteiger partial charge < -0.3 is 15.0 Å². The number of hydrogen-bond acceptors (Lipinski definition) is 4. The maximum atomic E-state index is 12.1. The van der Waals surface area contributed by atoms with Gasteiger partial charge in [0.25, 0.3) is 5.56 Å². The van der Waals surface area contributed by atoms with Crippen molar-refractivity contribution in [2.45, 2.75) is 25.6 Å².